The van der Waals surface area contributed by atoms with Crippen LogP contribution in [0.5, 0.6) is 0 Å². The predicted molar refractivity (Wildman–Crippen MR) is 109 cm³/mol. The molecule has 3 rings (SSSR count). The molecule has 0 aliphatic carbocycles. The lowest BCUT2D eigenvalue weighted by molar-refractivity contribution is -0.112. The van der Waals surface area contributed by atoms with E-state index >= 15 is 0 Å². The zero-order valence-corrected chi connectivity index (χ0v) is 15.7. The third-order valence-corrected chi connectivity index (χ3v) is 4.54. The predicted octanol–water partition coefficient (Wildman–Crippen LogP) is 4.95. The summed E-state index contributed by atoms with van der Waals surface area (Å²) in [5.41, 5.74) is 5.66. The minimum Gasteiger partial charge on any atom is -0.321 e. The van der Waals surface area contributed by atoms with E-state index in [1.54, 1.807) is 6.08 Å². The summed E-state index contributed by atoms with van der Waals surface area (Å²) in [5.74, 6) is -0.406. The molecule has 0 fully saturated rings. The topological polar surface area (TPSA) is 57.8 Å². The Bertz CT molecular complexity index is 1050. The summed E-state index contributed by atoms with van der Waals surface area (Å²) in [7, 11) is 0. The highest BCUT2D eigenvalue weighted by Gasteiger charge is 2.14. The van der Waals surface area contributed by atoms with Gasteiger partial charge in [0.15, 0.2) is 0 Å². The van der Waals surface area contributed by atoms with Crippen molar-refractivity contribution in [2.75, 3.05) is 5.32 Å². The molecular formula is C23H21N3O. The number of amides is 1. The van der Waals surface area contributed by atoms with E-state index in [0.29, 0.717) is 5.69 Å². The van der Waals surface area contributed by atoms with E-state index in [0.717, 1.165) is 28.2 Å². The lowest BCUT2D eigenvalue weighted by Gasteiger charge is -2.09. The Labute approximate surface area is 159 Å². The molecule has 2 aromatic carbocycles. The van der Waals surface area contributed by atoms with Gasteiger partial charge in [-0.2, -0.15) is 5.26 Å². The van der Waals surface area contributed by atoms with E-state index in [1.165, 1.54) is 0 Å². The van der Waals surface area contributed by atoms with E-state index in [-0.39, 0.29) is 5.57 Å². The fourth-order valence-corrected chi connectivity index (χ4v) is 3.12. The molecule has 4 heteroatoms. The van der Waals surface area contributed by atoms with Crippen LogP contribution in [-0.2, 0) is 4.79 Å². The maximum Gasteiger partial charge on any atom is 0.266 e. The quantitative estimate of drug-likeness (QED) is 0.532. The number of anilines is 1. The Morgan fingerprint density at radius 2 is 1.70 bits per heavy atom. The Morgan fingerprint density at radius 3 is 2.37 bits per heavy atom. The Morgan fingerprint density at radius 1 is 1.04 bits per heavy atom. The second-order valence-electron chi connectivity index (χ2n) is 6.44. The van der Waals surface area contributed by atoms with Gasteiger partial charge < -0.3 is 9.88 Å². The molecule has 134 valence electrons. The highest BCUT2D eigenvalue weighted by Crippen LogP contribution is 2.23. The van der Waals surface area contributed by atoms with Crippen LogP contribution in [0.3, 0.4) is 0 Å². The van der Waals surface area contributed by atoms with Gasteiger partial charge in [0.25, 0.3) is 5.91 Å². The molecule has 27 heavy (non-hydrogen) atoms. The van der Waals surface area contributed by atoms with Crippen LogP contribution in [0.2, 0.25) is 0 Å². The first-order chi connectivity index (χ1) is 13.0. The molecule has 1 N–H and O–H groups in total. The lowest BCUT2D eigenvalue weighted by atomic mass is 10.1. The van der Waals surface area contributed by atoms with Gasteiger partial charge >= 0.3 is 0 Å². The van der Waals surface area contributed by atoms with Gasteiger partial charge in [-0.1, -0.05) is 36.4 Å². The number of hydrogen-bond acceptors (Lipinski definition) is 2. The summed E-state index contributed by atoms with van der Waals surface area (Å²) in [4.78, 5) is 12.6. The number of rotatable bonds is 4. The molecule has 0 aliphatic rings. The number of nitrogens with zero attached hydrogens (tertiary/aromatic N) is 2. The van der Waals surface area contributed by atoms with E-state index in [9.17, 15) is 10.1 Å². The minimum atomic E-state index is -0.406. The molecule has 0 saturated heterocycles. The van der Waals surface area contributed by atoms with Crippen molar-refractivity contribution in [3.63, 3.8) is 0 Å². The van der Waals surface area contributed by atoms with Crippen LogP contribution in [-0.4, -0.2) is 10.5 Å². The zero-order valence-electron chi connectivity index (χ0n) is 15.7. The average molecular weight is 355 g/mol. The number of hydrogen-bond donors (Lipinski definition) is 1. The Hall–Kier alpha value is -3.58. The molecule has 4 nitrogen and oxygen atoms in total. The highest BCUT2D eigenvalue weighted by molar-refractivity contribution is 6.10. The first kappa shape index (κ1) is 18.2. The van der Waals surface area contributed by atoms with Crippen molar-refractivity contribution in [2.45, 2.75) is 20.8 Å². The van der Waals surface area contributed by atoms with E-state index < -0.39 is 5.91 Å². The second-order valence-corrected chi connectivity index (χ2v) is 6.44. The van der Waals surface area contributed by atoms with Crippen LogP contribution in [0.4, 0.5) is 5.69 Å². The van der Waals surface area contributed by atoms with Gasteiger partial charge in [0.1, 0.15) is 11.6 Å². The highest BCUT2D eigenvalue weighted by atomic mass is 16.1. The number of benzene rings is 2. The van der Waals surface area contributed by atoms with Gasteiger partial charge in [-0.15, -0.1) is 0 Å². The van der Waals surface area contributed by atoms with Crippen molar-refractivity contribution < 1.29 is 4.79 Å². The van der Waals surface area contributed by atoms with Crippen LogP contribution in [0.15, 0.2) is 66.2 Å². The summed E-state index contributed by atoms with van der Waals surface area (Å²) in [6.07, 6.45) is 1.65. The number of carbonyl (C=O) groups is 1. The monoisotopic (exact) mass is 355 g/mol. The molecule has 0 spiro atoms. The second kappa shape index (κ2) is 7.76. The molecule has 0 bridgehead atoms. The number of carbonyl (C=O) groups excluding carboxylic acids is 1. The van der Waals surface area contributed by atoms with Crippen molar-refractivity contribution in [2.24, 2.45) is 0 Å². The zero-order chi connectivity index (χ0) is 19.4. The molecule has 1 heterocycles. The van der Waals surface area contributed by atoms with Crippen molar-refractivity contribution in [1.29, 1.82) is 5.26 Å². The average Bonchev–Trinajstić information content (AvgIpc) is 2.95. The van der Waals surface area contributed by atoms with Crippen LogP contribution in [0.1, 0.15) is 22.5 Å². The van der Waals surface area contributed by atoms with E-state index in [1.807, 2.05) is 87.5 Å². The van der Waals surface area contributed by atoms with Crippen LogP contribution in [0.25, 0.3) is 11.8 Å². The summed E-state index contributed by atoms with van der Waals surface area (Å²) < 4.78 is 2.11. The smallest absolute Gasteiger partial charge is 0.266 e. The summed E-state index contributed by atoms with van der Waals surface area (Å²) in [5, 5.41) is 12.3. The van der Waals surface area contributed by atoms with Gasteiger partial charge in [0, 0.05) is 22.8 Å². The summed E-state index contributed by atoms with van der Waals surface area (Å²) in [6.45, 7) is 5.91. The molecule has 1 aromatic heterocycles. The molecule has 0 aliphatic heterocycles. The lowest BCUT2D eigenvalue weighted by Crippen LogP contribution is -2.14. The number of para-hydroxylation sites is 2. The molecule has 0 saturated carbocycles. The third kappa shape index (κ3) is 3.83. The molecule has 1 amide bonds. The first-order valence-electron chi connectivity index (χ1n) is 8.74. The molecule has 0 atom stereocenters. The van der Waals surface area contributed by atoms with Gasteiger partial charge in [-0.05, 0) is 62.2 Å². The fraction of sp³-hybridized carbons (Fsp3) is 0.130. The van der Waals surface area contributed by atoms with Crippen molar-refractivity contribution in [3.05, 3.63) is 88.8 Å². The fourth-order valence-electron chi connectivity index (χ4n) is 3.12. The molecule has 3 aromatic rings. The van der Waals surface area contributed by atoms with E-state index in [2.05, 4.69) is 9.88 Å². The number of nitrogens with one attached hydrogen (secondary N) is 1. The first-order valence-corrected chi connectivity index (χ1v) is 8.74. The molecule has 0 radical (unpaired) electrons. The number of aromatic nitrogens is 1. The van der Waals surface area contributed by atoms with Crippen LogP contribution in [0, 0.1) is 32.1 Å². The normalized spacial score (nSPS) is 11.1. The van der Waals surface area contributed by atoms with Gasteiger partial charge in [0.2, 0.25) is 0 Å². The minimum absolute atomic E-state index is 0.0755. The SMILES string of the molecule is Cc1ccccc1NC(=O)/C(C#N)=C/c1cc(C)n(-c2ccccc2)c1C. The summed E-state index contributed by atoms with van der Waals surface area (Å²) >= 11 is 0. The van der Waals surface area contributed by atoms with Crippen molar-refractivity contribution >= 4 is 17.7 Å². The number of nitriles is 1. The van der Waals surface area contributed by atoms with Crippen LogP contribution < -0.4 is 5.32 Å². The van der Waals surface area contributed by atoms with Gasteiger partial charge in [-0.3, -0.25) is 4.79 Å². The maximum atomic E-state index is 12.6. The maximum absolute atomic E-state index is 12.6. The molecule has 0 unspecified atom stereocenters. The number of aryl methyl sites for hydroxylation is 2. The Balaban J connectivity index is 1.94. The van der Waals surface area contributed by atoms with Gasteiger partial charge in [0.05, 0.1) is 0 Å². The van der Waals surface area contributed by atoms with Crippen molar-refractivity contribution in [3.8, 4) is 11.8 Å². The Kier molecular flexibility index (Phi) is 5.23. The standard InChI is InChI=1S/C23H21N3O/c1-16-9-7-8-12-22(16)25-23(27)20(15-24)14-19-13-17(2)26(18(19)3)21-10-5-4-6-11-21/h4-14H,1-3H3,(H,25,27)/b20-14+. The molecular weight excluding hydrogens is 334 g/mol. The van der Waals surface area contributed by atoms with Gasteiger partial charge in [-0.25, -0.2) is 0 Å². The van der Waals surface area contributed by atoms with E-state index in [4.69, 9.17) is 0 Å². The van der Waals surface area contributed by atoms with Crippen LogP contribution >= 0.6 is 0 Å². The summed E-state index contributed by atoms with van der Waals surface area (Å²) in [6, 6.07) is 21.5. The van der Waals surface area contributed by atoms with Crippen molar-refractivity contribution in [1.82, 2.24) is 4.57 Å². The largest absolute Gasteiger partial charge is 0.321 e. The third-order valence-electron chi connectivity index (χ3n) is 4.54.